The molecule has 1 fully saturated rings. The molecule has 0 unspecified atom stereocenters. The first-order chi connectivity index (χ1) is 12.2. The summed E-state index contributed by atoms with van der Waals surface area (Å²) < 4.78 is 10.4. The lowest BCUT2D eigenvalue weighted by atomic mass is 9.83. The summed E-state index contributed by atoms with van der Waals surface area (Å²) in [4.78, 5) is 9.08. The van der Waals surface area contributed by atoms with Crippen LogP contribution in [-0.4, -0.2) is 49.5 Å². The van der Waals surface area contributed by atoms with Gasteiger partial charge in [-0.1, -0.05) is 18.0 Å². The fourth-order valence-electron chi connectivity index (χ4n) is 3.41. The molecule has 25 heavy (non-hydrogen) atoms. The van der Waals surface area contributed by atoms with Gasteiger partial charge in [-0.05, 0) is 44.9 Å². The number of nitrogens with one attached hydrogen (secondary N) is 2. The van der Waals surface area contributed by atoms with Crippen molar-refractivity contribution in [3.8, 4) is 0 Å². The number of hydrogen-bond donors (Lipinski definition) is 2. The van der Waals surface area contributed by atoms with Crippen LogP contribution in [-0.2, 0) is 11.2 Å². The van der Waals surface area contributed by atoms with E-state index in [0.717, 1.165) is 51.5 Å². The highest BCUT2D eigenvalue weighted by molar-refractivity contribution is 5.79. The third-order valence-corrected chi connectivity index (χ3v) is 4.85. The predicted octanol–water partition coefficient (Wildman–Crippen LogP) is 2.46. The number of aryl methyl sites for hydroxylation is 2. The Labute approximate surface area is 151 Å². The van der Waals surface area contributed by atoms with Gasteiger partial charge in [0.1, 0.15) is 0 Å². The topological polar surface area (TPSA) is 84.6 Å². The standard InChI is InChI=1S/C18H33N5O2/c1-4-19-17(20-12-7-8-16-22-15(2)23-25-16)21-14-18(11-13-24-3)9-5-6-10-18/h4-14H2,1-3H3,(H2,19,20,21). The molecule has 1 heterocycles. The van der Waals surface area contributed by atoms with Crippen LogP contribution in [0.4, 0.5) is 0 Å². The average Bonchev–Trinajstić information content (AvgIpc) is 3.24. The Hall–Kier alpha value is -1.63. The van der Waals surface area contributed by atoms with Crippen LogP contribution in [0.2, 0.25) is 0 Å². The Morgan fingerprint density at radius 1 is 1.32 bits per heavy atom. The Morgan fingerprint density at radius 3 is 2.76 bits per heavy atom. The SMILES string of the molecule is CCNC(=NCC1(CCOC)CCCC1)NCCCc1nc(C)no1. The van der Waals surface area contributed by atoms with E-state index in [1.165, 1.54) is 25.7 Å². The molecule has 0 saturated heterocycles. The first-order valence-corrected chi connectivity index (χ1v) is 9.48. The summed E-state index contributed by atoms with van der Waals surface area (Å²) in [5.74, 6) is 2.29. The van der Waals surface area contributed by atoms with Gasteiger partial charge in [0.2, 0.25) is 5.89 Å². The normalized spacial score (nSPS) is 17.0. The van der Waals surface area contributed by atoms with E-state index in [4.69, 9.17) is 14.3 Å². The van der Waals surface area contributed by atoms with Crippen molar-refractivity contribution >= 4 is 5.96 Å². The van der Waals surface area contributed by atoms with Gasteiger partial charge < -0.3 is 19.9 Å². The van der Waals surface area contributed by atoms with Crippen LogP contribution in [0.25, 0.3) is 0 Å². The zero-order valence-electron chi connectivity index (χ0n) is 15.9. The largest absolute Gasteiger partial charge is 0.385 e. The van der Waals surface area contributed by atoms with Gasteiger partial charge in [0.15, 0.2) is 11.8 Å². The molecule has 0 amide bonds. The molecule has 1 aromatic rings. The average molecular weight is 351 g/mol. The predicted molar refractivity (Wildman–Crippen MR) is 98.7 cm³/mol. The lowest BCUT2D eigenvalue weighted by Gasteiger charge is -2.27. The quantitative estimate of drug-likeness (QED) is 0.383. The molecule has 2 N–H and O–H groups in total. The first-order valence-electron chi connectivity index (χ1n) is 9.48. The van der Waals surface area contributed by atoms with Crippen molar-refractivity contribution in [2.45, 2.75) is 58.8 Å². The van der Waals surface area contributed by atoms with Crippen LogP contribution in [0.3, 0.4) is 0 Å². The molecular weight excluding hydrogens is 318 g/mol. The monoisotopic (exact) mass is 351 g/mol. The zero-order valence-corrected chi connectivity index (χ0v) is 15.9. The third kappa shape index (κ3) is 6.65. The van der Waals surface area contributed by atoms with Crippen molar-refractivity contribution in [1.82, 2.24) is 20.8 Å². The van der Waals surface area contributed by atoms with Crippen molar-refractivity contribution in [2.24, 2.45) is 10.4 Å². The van der Waals surface area contributed by atoms with Crippen molar-refractivity contribution in [1.29, 1.82) is 0 Å². The summed E-state index contributed by atoms with van der Waals surface area (Å²) in [6, 6.07) is 0. The maximum Gasteiger partial charge on any atom is 0.226 e. The maximum absolute atomic E-state index is 5.31. The highest BCUT2D eigenvalue weighted by atomic mass is 16.5. The Morgan fingerprint density at radius 2 is 2.12 bits per heavy atom. The minimum absolute atomic E-state index is 0.319. The highest BCUT2D eigenvalue weighted by Gasteiger charge is 2.33. The zero-order chi connectivity index (χ0) is 18.0. The van der Waals surface area contributed by atoms with Gasteiger partial charge >= 0.3 is 0 Å². The number of aliphatic imine (C=N–C) groups is 1. The van der Waals surface area contributed by atoms with Gasteiger partial charge in [-0.2, -0.15) is 4.98 Å². The molecule has 0 bridgehead atoms. The molecule has 1 aliphatic carbocycles. The van der Waals surface area contributed by atoms with Gasteiger partial charge in [0.25, 0.3) is 0 Å². The first kappa shape index (κ1) is 19.7. The fourth-order valence-corrected chi connectivity index (χ4v) is 3.41. The number of aromatic nitrogens is 2. The molecular formula is C18H33N5O2. The van der Waals surface area contributed by atoms with E-state index in [9.17, 15) is 0 Å². The second-order valence-corrected chi connectivity index (χ2v) is 6.91. The van der Waals surface area contributed by atoms with Gasteiger partial charge in [-0.3, -0.25) is 4.99 Å². The van der Waals surface area contributed by atoms with Crippen LogP contribution >= 0.6 is 0 Å². The number of rotatable bonds is 10. The molecule has 0 atom stereocenters. The molecule has 2 rings (SSSR count). The molecule has 1 aliphatic rings. The Bertz CT molecular complexity index is 523. The number of methoxy groups -OCH3 is 1. The van der Waals surface area contributed by atoms with Crippen molar-refractivity contribution in [3.63, 3.8) is 0 Å². The Kier molecular flexibility index (Phi) is 8.18. The summed E-state index contributed by atoms with van der Waals surface area (Å²) in [6.07, 6.45) is 7.96. The lowest BCUT2D eigenvalue weighted by Crippen LogP contribution is -2.39. The molecule has 1 saturated carbocycles. The second-order valence-electron chi connectivity index (χ2n) is 6.91. The summed E-state index contributed by atoms with van der Waals surface area (Å²) in [5.41, 5.74) is 0.319. The van der Waals surface area contributed by atoms with Crippen LogP contribution < -0.4 is 10.6 Å². The number of nitrogens with zero attached hydrogens (tertiary/aromatic N) is 3. The molecule has 0 aliphatic heterocycles. The van der Waals surface area contributed by atoms with Gasteiger partial charge in [-0.15, -0.1) is 0 Å². The fraction of sp³-hybridized carbons (Fsp3) is 0.833. The summed E-state index contributed by atoms with van der Waals surface area (Å²) in [6.45, 7) is 7.31. The van der Waals surface area contributed by atoms with Gasteiger partial charge in [-0.25, -0.2) is 0 Å². The molecule has 7 heteroatoms. The van der Waals surface area contributed by atoms with Crippen LogP contribution in [0.15, 0.2) is 9.52 Å². The molecule has 142 valence electrons. The third-order valence-electron chi connectivity index (χ3n) is 4.85. The van der Waals surface area contributed by atoms with E-state index in [2.05, 4.69) is 27.7 Å². The van der Waals surface area contributed by atoms with Crippen LogP contribution in [0, 0.1) is 12.3 Å². The van der Waals surface area contributed by atoms with Crippen LogP contribution in [0.5, 0.6) is 0 Å². The van der Waals surface area contributed by atoms with Crippen molar-refractivity contribution in [2.75, 3.05) is 33.4 Å². The molecule has 7 nitrogen and oxygen atoms in total. The van der Waals surface area contributed by atoms with E-state index in [-0.39, 0.29) is 0 Å². The molecule has 0 spiro atoms. The molecule has 0 aromatic carbocycles. The van der Waals surface area contributed by atoms with E-state index in [1.807, 2.05) is 6.92 Å². The number of hydrogen-bond acceptors (Lipinski definition) is 5. The summed E-state index contributed by atoms with van der Waals surface area (Å²) in [5, 5.41) is 10.6. The van der Waals surface area contributed by atoms with E-state index in [1.54, 1.807) is 7.11 Å². The number of ether oxygens (including phenoxy) is 1. The minimum Gasteiger partial charge on any atom is -0.385 e. The number of guanidine groups is 1. The van der Waals surface area contributed by atoms with Gasteiger partial charge in [0, 0.05) is 39.8 Å². The minimum atomic E-state index is 0.319. The van der Waals surface area contributed by atoms with Crippen molar-refractivity contribution < 1.29 is 9.26 Å². The lowest BCUT2D eigenvalue weighted by molar-refractivity contribution is 0.141. The second kappa shape index (κ2) is 10.4. The highest BCUT2D eigenvalue weighted by Crippen LogP contribution is 2.41. The van der Waals surface area contributed by atoms with E-state index >= 15 is 0 Å². The molecule has 1 aromatic heterocycles. The maximum atomic E-state index is 5.31. The molecule has 0 radical (unpaired) electrons. The summed E-state index contributed by atoms with van der Waals surface area (Å²) >= 11 is 0. The summed E-state index contributed by atoms with van der Waals surface area (Å²) in [7, 11) is 1.78. The van der Waals surface area contributed by atoms with Crippen molar-refractivity contribution in [3.05, 3.63) is 11.7 Å². The smallest absolute Gasteiger partial charge is 0.226 e. The van der Waals surface area contributed by atoms with E-state index < -0.39 is 0 Å². The van der Waals surface area contributed by atoms with Gasteiger partial charge in [0.05, 0.1) is 0 Å². The Balaban J connectivity index is 1.80. The van der Waals surface area contributed by atoms with Crippen LogP contribution in [0.1, 0.15) is 57.2 Å². The van der Waals surface area contributed by atoms with E-state index in [0.29, 0.717) is 17.1 Å².